The summed E-state index contributed by atoms with van der Waals surface area (Å²) in [6.07, 6.45) is 1.81. The molecule has 1 aromatic carbocycles. The van der Waals surface area contributed by atoms with E-state index >= 15 is 0 Å². The van der Waals surface area contributed by atoms with E-state index in [9.17, 15) is 0 Å². The predicted octanol–water partition coefficient (Wildman–Crippen LogP) is 4.36. The zero-order valence-corrected chi connectivity index (χ0v) is 12.2. The number of thiophene rings is 1. The van der Waals surface area contributed by atoms with Gasteiger partial charge in [-0.3, -0.25) is 5.43 Å². The SMILES string of the molecule is Cc1ccc2cc(C)c(NN=Cc3cccs3)nc2c1. The molecule has 0 atom stereocenters. The molecule has 2 heterocycles. The average molecular weight is 281 g/mol. The molecule has 0 fully saturated rings. The first kappa shape index (κ1) is 12.8. The largest absolute Gasteiger partial charge is 0.261 e. The highest BCUT2D eigenvalue weighted by Crippen LogP contribution is 2.20. The van der Waals surface area contributed by atoms with Gasteiger partial charge >= 0.3 is 0 Å². The van der Waals surface area contributed by atoms with Crippen LogP contribution in [0.25, 0.3) is 10.9 Å². The molecule has 0 aliphatic heterocycles. The third-order valence-electron chi connectivity index (χ3n) is 3.07. The molecule has 3 aromatic rings. The summed E-state index contributed by atoms with van der Waals surface area (Å²) in [5.41, 5.74) is 6.32. The van der Waals surface area contributed by atoms with Gasteiger partial charge in [0.25, 0.3) is 0 Å². The number of hydrogen-bond acceptors (Lipinski definition) is 4. The zero-order valence-electron chi connectivity index (χ0n) is 11.4. The van der Waals surface area contributed by atoms with Crippen molar-refractivity contribution < 1.29 is 0 Å². The van der Waals surface area contributed by atoms with Gasteiger partial charge in [-0.1, -0.05) is 18.2 Å². The van der Waals surface area contributed by atoms with Crippen molar-refractivity contribution in [1.82, 2.24) is 4.98 Å². The molecule has 2 aromatic heterocycles. The number of benzene rings is 1. The van der Waals surface area contributed by atoms with Gasteiger partial charge in [-0.15, -0.1) is 11.3 Å². The van der Waals surface area contributed by atoms with Gasteiger partial charge in [0, 0.05) is 10.3 Å². The standard InChI is InChI=1S/C16H15N3S/c1-11-5-6-13-9-12(2)16(18-15(13)8-11)19-17-10-14-4-3-7-20-14/h3-10H,1-2H3,(H,18,19). The van der Waals surface area contributed by atoms with Crippen molar-refractivity contribution in [3.63, 3.8) is 0 Å². The molecule has 0 saturated heterocycles. The smallest absolute Gasteiger partial charge is 0.149 e. The summed E-state index contributed by atoms with van der Waals surface area (Å²) >= 11 is 1.66. The second kappa shape index (κ2) is 5.43. The summed E-state index contributed by atoms with van der Waals surface area (Å²) in [6.45, 7) is 4.11. The van der Waals surface area contributed by atoms with Gasteiger partial charge in [0.05, 0.1) is 11.7 Å². The van der Waals surface area contributed by atoms with Crippen LogP contribution in [0.2, 0.25) is 0 Å². The van der Waals surface area contributed by atoms with Gasteiger partial charge in [0.2, 0.25) is 0 Å². The maximum Gasteiger partial charge on any atom is 0.149 e. The van der Waals surface area contributed by atoms with Gasteiger partial charge < -0.3 is 0 Å². The maximum atomic E-state index is 4.63. The summed E-state index contributed by atoms with van der Waals surface area (Å²) < 4.78 is 0. The summed E-state index contributed by atoms with van der Waals surface area (Å²) in [6, 6.07) is 12.5. The molecule has 0 amide bonds. The molecular weight excluding hydrogens is 266 g/mol. The van der Waals surface area contributed by atoms with E-state index in [0.717, 1.165) is 27.2 Å². The number of hydrazone groups is 1. The second-order valence-electron chi connectivity index (χ2n) is 4.74. The van der Waals surface area contributed by atoms with Crippen molar-refractivity contribution in [1.29, 1.82) is 0 Å². The van der Waals surface area contributed by atoms with Gasteiger partial charge in [-0.2, -0.15) is 5.10 Å². The normalized spacial score (nSPS) is 11.3. The molecule has 0 bridgehead atoms. The van der Waals surface area contributed by atoms with Crippen LogP contribution in [0.15, 0.2) is 46.9 Å². The van der Waals surface area contributed by atoms with E-state index in [2.05, 4.69) is 46.7 Å². The number of nitrogens with zero attached hydrogens (tertiary/aromatic N) is 2. The van der Waals surface area contributed by atoms with Crippen molar-refractivity contribution >= 4 is 34.3 Å². The number of nitrogens with one attached hydrogen (secondary N) is 1. The van der Waals surface area contributed by atoms with E-state index < -0.39 is 0 Å². The highest BCUT2D eigenvalue weighted by atomic mass is 32.1. The molecule has 3 rings (SSSR count). The molecule has 3 nitrogen and oxygen atoms in total. The minimum atomic E-state index is 0.802. The molecular formula is C16H15N3S. The lowest BCUT2D eigenvalue weighted by atomic mass is 10.1. The third kappa shape index (κ3) is 2.70. The van der Waals surface area contributed by atoms with Crippen LogP contribution in [0.1, 0.15) is 16.0 Å². The highest BCUT2D eigenvalue weighted by Gasteiger charge is 2.02. The molecule has 4 heteroatoms. The van der Waals surface area contributed by atoms with Gasteiger partial charge in [0.15, 0.2) is 0 Å². The van der Waals surface area contributed by atoms with Crippen LogP contribution >= 0.6 is 11.3 Å². The maximum absolute atomic E-state index is 4.63. The quantitative estimate of drug-likeness (QED) is 0.572. The number of aromatic nitrogens is 1. The lowest BCUT2D eigenvalue weighted by molar-refractivity contribution is 1.23. The van der Waals surface area contributed by atoms with Crippen molar-refractivity contribution in [3.8, 4) is 0 Å². The minimum Gasteiger partial charge on any atom is -0.261 e. The van der Waals surface area contributed by atoms with E-state index in [1.165, 1.54) is 5.56 Å². The van der Waals surface area contributed by atoms with Gasteiger partial charge in [-0.25, -0.2) is 4.98 Å². The Morgan fingerprint density at radius 3 is 2.90 bits per heavy atom. The average Bonchev–Trinajstić information content (AvgIpc) is 2.93. The predicted molar refractivity (Wildman–Crippen MR) is 86.8 cm³/mol. The number of pyridine rings is 1. The first-order valence-corrected chi connectivity index (χ1v) is 7.31. The molecule has 20 heavy (non-hydrogen) atoms. The Labute approximate surface area is 122 Å². The Kier molecular flexibility index (Phi) is 3.48. The van der Waals surface area contributed by atoms with E-state index in [0.29, 0.717) is 0 Å². The van der Waals surface area contributed by atoms with E-state index in [4.69, 9.17) is 0 Å². The number of fused-ring (bicyclic) bond motifs is 1. The topological polar surface area (TPSA) is 37.3 Å². The fourth-order valence-corrected chi connectivity index (χ4v) is 2.60. The summed E-state index contributed by atoms with van der Waals surface area (Å²) in [5, 5.41) is 7.43. The van der Waals surface area contributed by atoms with Gasteiger partial charge in [-0.05, 0) is 48.6 Å². The van der Waals surface area contributed by atoms with Crippen LogP contribution < -0.4 is 5.43 Å². The lowest BCUT2D eigenvalue weighted by Gasteiger charge is -2.06. The Morgan fingerprint density at radius 2 is 2.10 bits per heavy atom. The van der Waals surface area contributed by atoms with Gasteiger partial charge in [0.1, 0.15) is 5.82 Å². The molecule has 0 spiro atoms. The molecule has 0 aliphatic rings. The number of rotatable bonds is 3. The molecule has 1 N–H and O–H groups in total. The monoisotopic (exact) mass is 281 g/mol. The van der Waals surface area contributed by atoms with Crippen LogP contribution in [0.4, 0.5) is 5.82 Å². The Bertz CT molecular complexity index is 761. The van der Waals surface area contributed by atoms with Crippen LogP contribution in [0.5, 0.6) is 0 Å². The summed E-state index contributed by atoms with van der Waals surface area (Å²) in [7, 11) is 0. The fraction of sp³-hybridized carbons (Fsp3) is 0.125. The molecule has 0 aliphatic carbocycles. The van der Waals surface area contributed by atoms with Crippen LogP contribution in [-0.4, -0.2) is 11.2 Å². The summed E-state index contributed by atoms with van der Waals surface area (Å²) in [5.74, 6) is 0.802. The Morgan fingerprint density at radius 1 is 1.20 bits per heavy atom. The van der Waals surface area contributed by atoms with Crippen molar-refractivity contribution in [2.24, 2.45) is 5.10 Å². The Balaban J connectivity index is 1.89. The zero-order chi connectivity index (χ0) is 13.9. The first-order valence-electron chi connectivity index (χ1n) is 6.43. The second-order valence-corrected chi connectivity index (χ2v) is 5.71. The van der Waals surface area contributed by atoms with Crippen LogP contribution in [-0.2, 0) is 0 Å². The number of aryl methyl sites for hydroxylation is 2. The fourth-order valence-electron chi connectivity index (χ4n) is 2.02. The molecule has 0 saturated carbocycles. The molecule has 0 radical (unpaired) electrons. The van der Waals surface area contributed by atoms with E-state index in [1.54, 1.807) is 11.3 Å². The Hall–Kier alpha value is -2.20. The number of hydrogen-bond donors (Lipinski definition) is 1. The third-order valence-corrected chi connectivity index (χ3v) is 3.88. The van der Waals surface area contributed by atoms with Crippen molar-refractivity contribution in [3.05, 3.63) is 57.8 Å². The van der Waals surface area contributed by atoms with E-state index in [-0.39, 0.29) is 0 Å². The van der Waals surface area contributed by atoms with Crippen LogP contribution in [0, 0.1) is 13.8 Å². The van der Waals surface area contributed by atoms with Crippen molar-refractivity contribution in [2.75, 3.05) is 5.43 Å². The van der Waals surface area contributed by atoms with E-state index in [1.807, 2.05) is 30.7 Å². The summed E-state index contributed by atoms with van der Waals surface area (Å²) in [4.78, 5) is 5.75. The lowest BCUT2D eigenvalue weighted by Crippen LogP contribution is -1.96. The number of anilines is 1. The first-order chi connectivity index (χ1) is 9.72. The molecule has 100 valence electrons. The van der Waals surface area contributed by atoms with Crippen LogP contribution in [0.3, 0.4) is 0 Å². The van der Waals surface area contributed by atoms with Crippen molar-refractivity contribution in [2.45, 2.75) is 13.8 Å². The molecule has 0 unspecified atom stereocenters. The highest BCUT2D eigenvalue weighted by molar-refractivity contribution is 7.11. The minimum absolute atomic E-state index is 0.802.